The first kappa shape index (κ1) is 23.9. The van der Waals surface area contributed by atoms with Gasteiger partial charge in [0.15, 0.2) is 6.54 Å². The molecule has 0 unspecified atom stereocenters. The van der Waals surface area contributed by atoms with Crippen LogP contribution in [0.25, 0.3) is 21.4 Å². The molecule has 9 rings (SSSR count). The fraction of sp³-hybridized carbons (Fsp3) is 0.0571. The number of aromatic nitrogens is 1. The Labute approximate surface area is 249 Å². The van der Waals surface area contributed by atoms with Crippen LogP contribution in [0.2, 0.25) is 0 Å². The first-order valence-corrected chi connectivity index (χ1v) is 15.4. The number of hydrogen-bond acceptors (Lipinski definition) is 6. The summed E-state index contributed by atoms with van der Waals surface area (Å²) in [5, 5.41) is 13.8. The second kappa shape index (κ2) is 8.64. The molecule has 0 amide bonds. The Balaban J connectivity index is 1.36. The molecule has 1 aromatic heterocycles. The Morgan fingerprint density at radius 2 is 1.36 bits per heavy atom. The molecule has 5 nitrogen and oxygen atoms in total. The van der Waals surface area contributed by atoms with Gasteiger partial charge in [-0.3, -0.25) is 9.59 Å². The van der Waals surface area contributed by atoms with Crippen molar-refractivity contribution in [1.82, 2.24) is 0 Å². The number of aliphatic hydroxyl groups excluding tert-OH is 1. The number of carbonyl (C=O) groups excluding carboxylic acids is 2. The Bertz CT molecular complexity index is 2190. The van der Waals surface area contributed by atoms with E-state index in [2.05, 4.69) is 33.7 Å². The van der Waals surface area contributed by atoms with Gasteiger partial charge in [0.2, 0.25) is 17.1 Å². The van der Waals surface area contributed by atoms with E-state index in [1.807, 2.05) is 72.8 Å². The molecule has 200 valence electrons. The lowest BCUT2D eigenvalue weighted by atomic mass is 9.90. The molecular formula is C35H21N2O3S2+. The number of benzene rings is 4. The molecule has 7 heteroatoms. The van der Waals surface area contributed by atoms with Crippen LogP contribution in [0.5, 0.6) is 0 Å². The molecule has 0 atom stereocenters. The van der Waals surface area contributed by atoms with Crippen LogP contribution < -0.4 is 9.47 Å². The van der Waals surface area contributed by atoms with Gasteiger partial charge >= 0.3 is 0 Å². The van der Waals surface area contributed by atoms with Crippen LogP contribution in [0.3, 0.4) is 0 Å². The van der Waals surface area contributed by atoms with Crippen molar-refractivity contribution in [2.24, 2.45) is 0 Å². The molecule has 0 saturated carbocycles. The van der Waals surface area contributed by atoms with Gasteiger partial charge in [-0.25, -0.2) is 0 Å². The van der Waals surface area contributed by atoms with Crippen molar-refractivity contribution in [3.8, 4) is 0 Å². The Morgan fingerprint density at radius 3 is 2.21 bits per heavy atom. The number of fused-ring (bicyclic) bond motifs is 8. The van der Waals surface area contributed by atoms with Crippen LogP contribution >= 0.6 is 23.1 Å². The van der Waals surface area contributed by atoms with Gasteiger partial charge in [0.25, 0.3) is 5.01 Å². The SMILES string of the molecule is O=C1C(=O)/C(=C2\c3ccccc3C[n+]3c2sc2ccccc23)C(O)=C1C1=C2Sc3ccccc3N2Cc2ccccc21. The number of hydrogen-bond donors (Lipinski definition) is 1. The summed E-state index contributed by atoms with van der Waals surface area (Å²) in [7, 11) is 0. The number of nitrogens with zero attached hydrogens (tertiary/aromatic N) is 2. The summed E-state index contributed by atoms with van der Waals surface area (Å²) in [5.74, 6) is -1.57. The highest BCUT2D eigenvalue weighted by atomic mass is 32.2. The van der Waals surface area contributed by atoms with Gasteiger partial charge in [0.1, 0.15) is 10.5 Å². The zero-order chi connectivity index (χ0) is 28.1. The molecule has 4 aromatic carbocycles. The average Bonchev–Trinajstić information content (AvgIpc) is 3.64. The zero-order valence-corrected chi connectivity index (χ0v) is 23.8. The van der Waals surface area contributed by atoms with Gasteiger partial charge in [0, 0.05) is 28.6 Å². The predicted octanol–water partition coefficient (Wildman–Crippen LogP) is 6.81. The Morgan fingerprint density at radius 1 is 0.690 bits per heavy atom. The van der Waals surface area contributed by atoms with E-state index >= 15 is 0 Å². The predicted molar refractivity (Wildman–Crippen MR) is 165 cm³/mol. The largest absolute Gasteiger partial charge is 0.506 e. The van der Waals surface area contributed by atoms with E-state index in [9.17, 15) is 14.7 Å². The van der Waals surface area contributed by atoms with E-state index in [-0.39, 0.29) is 16.9 Å². The summed E-state index contributed by atoms with van der Waals surface area (Å²) in [6.07, 6.45) is 0. The lowest BCUT2D eigenvalue weighted by Crippen LogP contribution is -2.40. The monoisotopic (exact) mass is 581 g/mol. The molecule has 1 aliphatic carbocycles. The number of rotatable bonds is 1. The summed E-state index contributed by atoms with van der Waals surface area (Å²) in [5.41, 5.74) is 7.38. The van der Waals surface area contributed by atoms with Crippen LogP contribution in [-0.2, 0) is 22.7 Å². The minimum atomic E-state index is -0.665. The van der Waals surface area contributed by atoms with Gasteiger partial charge in [-0.2, -0.15) is 4.57 Å². The smallest absolute Gasteiger partial charge is 0.271 e. The van der Waals surface area contributed by atoms with Crippen LogP contribution in [0, 0.1) is 0 Å². The topological polar surface area (TPSA) is 61.5 Å². The minimum absolute atomic E-state index is 0.0886. The number of thiazole rings is 1. The zero-order valence-electron chi connectivity index (χ0n) is 22.1. The fourth-order valence-corrected chi connectivity index (χ4v) is 9.10. The number of ketones is 2. The van der Waals surface area contributed by atoms with Crippen LogP contribution in [-0.4, -0.2) is 16.7 Å². The highest BCUT2D eigenvalue weighted by molar-refractivity contribution is 8.04. The third-order valence-electron chi connectivity index (χ3n) is 8.51. The molecule has 42 heavy (non-hydrogen) atoms. The molecular weight excluding hydrogens is 561 g/mol. The third-order valence-corrected chi connectivity index (χ3v) is 10.9. The molecule has 0 bridgehead atoms. The first-order valence-electron chi connectivity index (χ1n) is 13.7. The van der Waals surface area contributed by atoms with Crippen molar-refractivity contribution >= 4 is 61.7 Å². The van der Waals surface area contributed by atoms with Crippen LogP contribution in [0.15, 0.2) is 124 Å². The van der Waals surface area contributed by atoms with Gasteiger partial charge in [0.05, 0.1) is 27.4 Å². The van der Waals surface area contributed by atoms with Gasteiger partial charge < -0.3 is 10.0 Å². The van der Waals surface area contributed by atoms with Gasteiger partial charge in [-0.1, -0.05) is 95.9 Å². The van der Waals surface area contributed by atoms with Crippen molar-refractivity contribution in [3.63, 3.8) is 0 Å². The fourth-order valence-electron chi connectivity index (χ4n) is 6.65. The number of aliphatic hydroxyl groups is 1. The van der Waals surface area contributed by atoms with E-state index in [1.54, 1.807) is 23.1 Å². The molecule has 5 aromatic rings. The summed E-state index contributed by atoms with van der Waals surface area (Å²) < 4.78 is 3.28. The Kier molecular flexibility index (Phi) is 4.93. The molecule has 0 saturated heterocycles. The van der Waals surface area contributed by atoms with Crippen molar-refractivity contribution in [2.45, 2.75) is 18.0 Å². The molecule has 1 N–H and O–H groups in total. The molecule has 0 spiro atoms. The average molecular weight is 582 g/mol. The number of carbonyl (C=O) groups is 2. The quantitative estimate of drug-likeness (QED) is 0.131. The third kappa shape index (κ3) is 3.12. The lowest BCUT2D eigenvalue weighted by molar-refractivity contribution is -0.661. The molecule has 4 heterocycles. The molecule has 3 aliphatic heterocycles. The number of Topliss-reactive ketones (excluding diaryl/α,β-unsaturated/α-hetero) is 2. The van der Waals surface area contributed by atoms with Crippen molar-refractivity contribution in [2.75, 3.05) is 4.90 Å². The second-order valence-electron chi connectivity index (χ2n) is 10.7. The van der Waals surface area contributed by atoms with Crippen molar-refractivity contribution in [3.05, 3.63) is 146 Å². The standard InChI is InChI=1S/C35H20N2O3S2/c38-31-29(27-21-11-3-1-9-19(21)17-36-23-13-5-7-15-25(23)41-34(27)36)32(39)33(40)30(31)28-22-12-4-2-10-20(22)18-37-24-14-6-8-16-26(24)42-35(28)37/h1-16H,17-18H2/p+1. The number of para-hydroxylation sites is 2. The van der Waals surface area contributed by atoms with E-state index in [0.717, 1.165) is 53.1 Å². The van der Waals surface area contributed by atoms with Crippen LogP contribution in [0.4, 0.5) is 5.69 Å². The first-order chi connectivity index (χ1) is 20.6. The van der Waals surface area contributed by atoms with E-state index in [1.165, 1.54) is 0 Å². The van der Waals surface area contributed by atoms with Gasteiger partial charge in [-0.05, 0) is 34.9 Å². The van der Waals surface area contributed by atoms with E-state index in [0.29, 0.717) is 24.2 Å². The molecule has 0 fully saturated rings. The minimum Gasteiger partial charge on any atom is -0.506 e. The number of allylic oxidation sites excluding steroid dienone is 3. The van der Waals surface area contributed by atoms with Crippen LogP contribution in [0.1, 0.15) is 27.3 Å². The normalized spacial score (nSPS) is 18.8. The maximum atomic E-state index is 14.1. The lowest BCUT2D eigenvalue weighted by Gasteiger charge is -2.30. The van der Waals surface area contributed by atoms with Gasteiger partial charge in [-0.15, -0.1) is 0 Å². The van der Waals surface area contributed by atoms with Crippen molar-refractivity contribution < 1.29 is 19.3 Å². The maximum absolute atomic E-state index is 14.1. The van der Waals surface area contributed by atoms with Crippen molar-refractivity contribution in [1.29, 1.82) is 0 Å². The summed E-state index contributed by atoms with van der Waals surface area (Å²) >= 11 is 3.16. The number of anilines is 1. The highest BCUT2D eigenvalue weighted by Gasteiger charge is 2.47. The Hall–Kier alpha value is -4.72. The van der Waals surface area contributed by atoms with E-state index < -0.39 is 11.6 Å². The highest BCUT2D eigenvalue weighted by Crippen LogP contribution is 2.55. The second-order valence-corrected chi connectivity index (χ2v) is 12.8. The summed E-state index contributed by atoms with van der Waals surface area (Å²) in [4.78, 5) is 31.4. The summed E-state index contributed by atoms with van der Waals surface area (Å²) in [6.45, 7) is 1.30. The molecule has 4 aliphatic rings. The molecule has 0 radical (unpaired) electrons. The summed E-state index contributed by atoms with van der Waals surface area (Å²) in [6, 6.07) is 32.2. The number of thioether (sulfide) groups is 1. The van der Waals surface area contributed by atoms with E-state index in [4.69, 9.17) is 0 Å². The maximum Gasteiger partial charge on any atom is 0.271 e.